The summed E-state index contributed by atoms with van der Waals surface area (Å²) in [5.74, 6) is -0.420. The lowest BCUT2D eigenvalue weighted by Gasteiger charge is -2.29. The lowest BCUT2D eigenvalue weighted by atomic mass is 10.1. The van der Waals surface area contributed by atoms with E-state index >= 15 is 0 Å². The minimum atomic E-state index is -1.04. The minimum absolute atomic E-state index is 0.139. The van der Waals surface area contributed by atoms with Crippen LogP contribution >= 0.6 is 0 Å². The van der Waals surface area contributed by atoms with Crippen molar-refractivity contribution in [1.29, 1.82) is 0 Å². The van der Waals surface area contributed by atoms with E-state index in [-0.39, 0.29) is 13.2 Å². The number of ether oxygens (including phenoxy) is 3. The molecule has 0 aromatic heterocycles. The number of hydrogen-bond donors (Lipinski definition) is 0. The summed E-state index contributed by atoms with van der Waals surface area (Å²) in [5, 5.41) is 0.739. The lowest BCUT2D eigenvalue weighted by Crippen LogP contribution is -2.44. The first-order valence-electron chi connectivity index (χ1n) is 8.37. The Morgan fingerprint density at radius 2 is 1.48 bits per heavy atom. The van der Waals surface area contributed by atoms with Gasteiger partial charge in [0, 0.05) is 0 Å². The Morgan fingerprint density at radius 1 is 0.960 bits per heavy atom. The predicted octanol–water partition coefficient (Wildman–Crippen LogP) is 3.43. The van der Waals surface area contributed by atoms with E-state index < -0.39 is 34.8 Å². The first-order valence-corrected chi connectivity index (χ1v) is 8.37. The summed E-state index contributed by atoms with van der Waals surface area (Å²) >= 11 is 0. The Bertz CT molecular complexity index is 512. The monoisotopic (exact) mass is 359 g/mol. The van der Waals surface area contributed by atoms with Gasteiger partial charge in [-0.25, -0.2) is 9.59 Å². The maximum atomic E-state index is 12.4. The average molecular weight is 359 g/mol. The Morgan fingerprint density at radius 3 is 1.88 bits per heavy atom. The summed E-state index contributed by atoms with van der Waals surface area (Å²) in [4.78, 5) is 41.4. The zero-order valence-electron chi connectivity index (χ0n) is 16.1. The van der Waals surface area contributed by atoms with E-state index in [2.05, 4.69) is 0 Å². The van der Waals surface area contributed by atoms with Crippen molar-refractivity contribution in [2.24, 2.45) is 5.41 Å². The molecule has 0 aliphatic heterocycles. The third kappa shape index (κ3) is 7.19. The summed E-state index contributed by atoms with van der Waals surface area (Å²) in [6.45, 7) is 11.9. The van der Waals surface area contributed by atoms with Gasteiger partial charge in [-0.3, -0.25) is 4.79 Å². The molecule has 1 aliphatic carbocycles. The number of nitrogens with zero attached hydrogens (tertiary/aromatic N) is 1. The fraction of sp³-hybridized carbons (Fsp3) is 0.824. The van der Waals surface area contributed by atoms with Gasteiger partial charge in [0.25, 0.3) is 0 Å². The molecule has 0 atom stereocenters. The van der Waals surface area contributed by atoms with E-state index in [9.17, 15) is 14.4 Å². The van der Waals surface area contributed by atoms with Crippen LogP contribution in [0.4, 0.5) is 9.59 Å². The molecule has 0 bridgehead atoms. The first kappa shape index (κ1) is 21.1. The topological polar surface area (TPSA) is 91.4 Å². The summed E-state index contributed by atoms with van der Waals surface area (Å²) in [6.07, 6.45) is -0.821. The van der Waals surface area contributed by atoms with Gasteiger partial charge in [0.15, 0.2) is 0 Å². The zero-order chi connectivity index (χ0) is 19.5. The molecule has 0 radical (unpaired) electrons. The summed E-state index contributed by atoms with van der Waals surface area (Å²) < 4.78 is 15.4. The van der Waals surface area contributed by atoms with Gasteiger partial charge in [-0.2, -0.15) is 0 Å². The number of hydroxylamine groups is 2. The third-order valence-corrected chi connectivity index (χ3v) is 3.18. The molecule has 8 nitrogen and oxygen atoms in total. The van der Waals surface area contributed by atoms with E-state index in [4.69, 9.17) is 19.0 Å². The largest absolute Gasteiger partial charge is 0.534 e. The third-order valence-electron chi connectivity index (χ3n) is 3.18. The molecule has 0 unspecified atom stereocenters. The number of carbonyl (C=O) groups excluding carboxylic acids is 3. The SMILES string of the molecule is CCOC(=O)C1(CN(OC(=O)OC(C)(C)C)C(=O)OC(C)(C)C)CC1. The van der Waals surface area contributed by atoms with Crippen LogP contribution in [0.15, 0.2) is 0 Å². The van der Waals surface area contributed by atoms with Crippen molar-refractivity contribution in [3.63, 3.8) is 0 Å². The number of rotatable bonds is 4. The molecule has 1 aliphatic rings. The number of carbonyl (C=O) groups is 3. The van der Waals surface area contributed by atoms with Crippen LogP contribution < -0.4 is 0 Å². The van der Waals surface area contributed by atoms with Crippen molar-refractivity contribution >= 4 is 18.2 Å². The van der Waals surface area contributed by atoms with Gasteiger partial charge in [-0.15, -0.1) is 5.06 Å². The molecule has 0 spiro atoms. The van der Waals surface area contributed by atoms with Gasteiger partial charge in [0.05, 0.1) is 18.6 Å². The van der Waals surface area contributed by atoms with Crippen LogP contribution in [0.5, 0.6) is 0 Å². The summed E-state index contributed by atoms with van der Waals surface area (Å²) in [7, 11) is 0. The second-order valence-corrected chi connectivity index (χ2v) is 8.07. The molecular formula is C17H29NO7. The molecule has 1 rings (SSSR count). The maximum absolute atomic E-state index is 12.4. The molecule has 25 heavy (non-hydrogen) atoms. The van der Waals surface area contributed by atoms with Gasteiger partial charge >= 0.3 is 18.2 Å². The number of hydrogen-bond acceptors (Lipinski definition) is 7. The second-order valence-electron chi connectivity index (χ2n) is 8.07. The molecule has 1 saturated carbocycles. The first-order chi connectivity index (χ1) is 11.3. The van der Waals surface area contributed by atoms with Gasteiger partial charge in [0.2, 0.25) is 0 Å². The van der Waals surface area contributed by atoms with Crippen molar-refractivity contribution < 1.29 is 33.4 Å². The highest BCUT2D eigenvalue weighted by atomic mass is 16.8. The Hall–Kier alpha value is -1.99. The number of esters is 1. The zero-order valence-corrected chi connectivity index (χ0v) is 16.1. The quantitative estimate of drug-likeness (QED) is 0.431. The van der Waals surface area contributed by atoms with Crippen LogP contribution in [0.25, 0.3) is 0 Å². The minimum Gasteiger partial charge on any atom is -0.466 e. The summed E-state index contributed by atoms with van der Waals surface area (Å²) in [6, 6.07) is 0. The molecule has 1 fully saturated rings. The molecule has 0 N–H and O–H groups in total. The maximum Gasteiger partial charge on any atom is 0.534 e. The fourth-order valence-electron chi connectivity index (χ4n) is 1.94. The van der Waals surface area contributed by atoms with Gasteiger partial charge < -0.3 is 19.0 Å². The Balaban J connectivity index is 2.86. The second kappa shape index (κ2) is 7.49. The molecule has 1 amide bonds. The summed E-state index contributed by atoms with van der Waals surface area (Å²) in [5.41, 5.74) is -2.43. The molecular weight excluding hydrogens is 330 g/mol. The highest BCUT2D eigenvalue weighted by Crippen LogP contribution is 2.47. The van der Waals surface area contributed by atoms with Gasteiger partial charge in [0.1, 0.15) is 11.2 Å². The van der Waals surface area contributed by atoms with Crippen LogP contribution in [0.1, 0.15) is 61.3 Å². The van der Waals surface area contributed by atoms with Crippen LogP contribution in [-0.2, 0) is 23.8 Å². The highest BCUT2D eigenvalue weighted by Gasteiger charge is 2.54. The van der Waals surface area contributed by atoms with Crippen molar-refractivity contribution in [3.8, 4) is 0 Å². The van der Waals surface area contributed by atoms with Gasteiger partial charge in [-0.1, -0.05) is 0 Å². The van der Waals surface area contributed by atoms with Crippen molar-refractivity contribution in [2.75, 3.05) is 13.2 Å². The highest BCUT2D eigenvalue weighted by molar-refractivity contribution is 5.81. The molecule has 0 aromatic carbocycles. The van der Waals surface area contributed by atoms with Crippen molar-refractivity contribution in [2.45, 2.75) is 72.5 Å². The van der Waals surface area contributed by atoms with Crippen LogP contribution in [0.2, 0.25) is 0 Å². The normalized spacial score (nSPS) is 15.8. The van der Waals surface area contributed by atoms with E-state index in [1.807, 2.05) is 0 Å². The molecule has 0 aromatic rings. The van der Waals surface area contributed by atoms with Crippen LogP contribution in [0.3, 0.4) is 0 Å². The predicted molar refractivity (Wildman–Crippen MR) is 88.6 cm³/mol. The van der Waals surface area contributed by atoms with E-state index in [0.29, 0.717) is 12.8 Å². The van der Waals surface area contributed by atoms with Crippen LogP contribution in [0, 0.1) is 5.41 Å². The van der Waals surface area contributed by atoms with E-state index in [1.54, 1.807) is 48.5 Å². The lowest BCUT2D eigenvalue weighted by molar-refractivity contribution is -0.163. The Kier molecular flexibility index (Phi) is 6.31. The molecule has 0 heterocycles. The van der Waals surface area contributed by atoms with E-state index in [1.165, 1.54) is 0 Å². The molecule has 8 heteroatoms. The molecule has 0 saturated heterocycles. The van der Waals surface area contributed by atoms with Crippen molar-refractivity contribution in [3.05, 3.63) is 0 Å². The fourth-order valence-corrected chi connectivity index (χ4v) is 1.94. The Labute approximate surface area is 148 Å². The van der Waals surface area contributed by atoms with Crippen molar-refractivity contribution in [1.82, 2.24) is 5.06 Å². The van der Waals surface area contributed by atoms with Gasteiger partial charge in [-0.05, 0) is 61.3 Å². The smallest absolute Gasteiger partial charge is 0.466 e. The van der Waals surface area contributed by atoms with Crippen LogP contribution in [-0.4, -0.2) is 47.6 Å². The van der Waals surface area contributed by atoms with E-state index in [0.717, 1.165) is 5.06 Å². The number of amides is 1. The molecule has 144 valence electrons. The average Bonchev–Trinajstić information content (AvgIpc) is 3.15. The standard InChI is InChI=1S/C17H29NO7/c1-8-22-12(19)17(9-10-17)11-18(13(20)23-15(2,3)4)25-14(21)24-16(5,6)7/h8-11H2,1-7H3.